The fourth-order valence-electron chi connectivity index (χ4n) is 2.21. The van der Waals surface area contributed by atoms with Gasteiger partial charge in [0.1, 0.15) is 5.54 Å². The van der Waals surface area contributed by atoms with Crippen molar-refractivity contribution in [3.63, 3.8) is 0 Å². The first kappa shape index (κ1) is 13.1. The van der Waals surface area contributed by atoms with Gasteiger partial charge in [0.15, 0.2) is 11.5 Å². The Bertz CT molecular complexity index is 568. The lowest BCUT2D eigenvalue weighted by Gasteiger charge is -2.24. The Hall–Kier alpha value is -1.89. The molecule has 2 aliphatic heterocycles. The third-order valence-electron chi connectivity index (χ3n) is 3.42. The Morgan fingerprint density at radius 3 is 2.80 bits per heavy atom. The van der Waals surface area contributed by atoms with Crippen LogP contribution in [0.1, 0.15) is 16.8 Å². The van der Waals surface area contributed by atoms with E-state index >= 15 is 0 Å². The van der Waals surface area contributed by atoms with Crippen molar-refractivity contribution < 1.29 is 24.2 Å². The number of hydrogen-bond acceptors (Lipinski definition) is 5. The van der Waals surface area contributed by atoms with Crippen LogP contribution in [0.2, 0.25) is 0 Å². The quantitative estimate of drug-likeness (QED) is 0.869. The minimum atomic E-state index is -1.17. The molecule has 1 atom stereocenters. The summed E-state index contributed by atoms with van der Waals surface area (Å²) < 4.78 is 10.4. The van der Waals surface area contributed by atoms with Gasteiger partial charge in [-0.25, -0.2) is 4.79 Å². The van der Waals surface area contributed by atoms with Crippen LogP contribution in [0, 0.1) is 0 Å². The second kappa shape index (κ2) is 4.90. The molecule has 1 fully saturated rings. The molecule has 0 unspecified atom stereocenters. The number of aliphatic carboxylic acids is 1. The van der Waals surface area contributed by atoms with Gasteiger partial charge in [-0.3, -0.25) is 4.79 Å². The molecule has 20 heavy (non-hydrogen) atoms. The van der Waals surface area contributed by atoms with Gasteiger partial charge < -0.3 is 19.9 Å². The van der Waals surface area contributed by atoms with Gasteiger partial charge in [0.2, 0.25) is 6.79 Å². The number of amides is 1. The lowest BCUT2D eigenvalue weighted by Crippen LogP contribution is -2.54. The number of carboxylic acids is 1. The monoisotopic (exact) mass is 295 g/mol. The molecular formula is C13H13NO5S. The summed E-state index contributed by atoms with van der Waals surface area (Å²) in [6, 6.07) is 4.81. The lowest BCUT2D eigenvalue weighted by molar-refractivity contribution is -0.143. The molecule has 2 aliphatic rings. The predicted octanol–water partition coefficient (Wildman–Crippen LogP) is 1.11. The summed E-state index contributed by atoms with van der Waals surface area (Å²) in [5, 5.41) is 12.0. The van der Waals surface area contributed by atoms with Crippen LogP contribution >= 0.6 is 11.8 Å². The minimum Gasteiger partial charge on any atom is -0.479 e. The maximum Gasteiger partial charge on any atom is 0.330 e. The standard InChI is InChI=1S/C13H13NO5S/c15-11(14-13(12(16)17)3-4-20-6-13)8-1-2-9-10(5-8)19-7-18-9/h1-2,5H,3-4,6-7H2,(H,14,15)(H,16,17)/t13-/m0/s1. The molecule has 1 aromatic rings. The van der Waals surface area contributed by atoms with E-state index in [2.05, 4.69) is 5.32 Å². The predicted molar refractivity (Wildman–Crippen MR) is 72.3 cm³/mol. The molecule has 0 saturated carbocycles. The van der Waals surface area contributed by atoms with Crippen molar-refractivity contribution in [2.45, 2.75) is 12.0 Å². The molecule has 6 nitrogen and oxygen atoms in total. The number of ether oxygens (including phenoxy) is 2. The van der Waals surface area contributed by atoms with E-state index in [1.807, 2.05) is 0 Å². The van der Waals surface area contributed by atoms with Crippen LogP contribution in [0.5, 0.6) is 11.5 Å². The van der Waals surface area contributed by atoms with Crippen LogP contribution < -0.4 is 14.8 Å². The molecule has 0 bridgehead atoms. The Labute approximate surface area is 119 Å². The number of thioether (sulfide) groups is 1. The first-order chi connectivity index (χ1) is 9.61. The summed E-state index contributed by atoms with van der Waals surface area (Å²) in [6.07, 6.45) is 0.434. The average molecular weight is 295 g/mol. The van der Waals surface area contributed by atoms with Crippen molar-refractivity contribution in [2.24, 2.45) is 0 Å². The Balaban J connectivity index is 1.80. The summed E-state index contributed by atoms with van der Waals surface area (Å²) in [4.78, 5) is 23.6. The number of fused-ring (bicyclic) bond motifs is 1. The Kier molecular flexibility index (Phi) is 3.21. The molecule has 2 N–H and O–H groups in total. The summed E-state index contributed by atoms with van der Waals surface area (Å²) in [5.74, 6) is 0.810. The lowest BCUT2D eigenvalue weighted by atomic mass is 9.98. The molecule has 0 spiro atoms. The smallest absolute Gasteiger partial charge is 0.330 e. The second-order valence-corrected chi connectivity index (χ2v) is 5.82. The van der Waals surface area contributed by atoms with Crippen LogP contribution in [0.3, 0.4) is 0 Å². The highest BCUT2D eigenvalue weighted by Crippen LogP contribution is 2.33. The van der Waals surface area contributed by atoms with Gasteiger partial charge in [-0.1, -0.05) is 0 Å². The summed E-state index contributed by atoms with van der Waals surface area (Å²) in [7, 11) is 0. The maximum atomic E-state index is 12.2. The summed E-state index contributed by atoms with van der Waals surface area (Å²) in [6.45, 7) is 0.135. The van der Waals surface area contributed by atoms with Gasteiger partial charge in [-0.2, -0.15) is 11.8 Å². The SMILES string of the molecule is O=C(N[C@@]1(C(=O)O)CCSC1)c1ccc2c(c1)OCO2. The third-order valence-corrected chi connectivity index (χ3v) is 4.61. The molecule has 1 aromatic carbocycles. The number of carbonyl (C=O) groups excluding carboxylic acids is 1. The van der Waals surface area contributed by atoms with Gasteiger partial charge >= 0.3 is 5.97 Å². The van der Waals surface area contributed by atoms with Gasteiger partial charge in [-0.05, 0) is 30.4 Å². The van der Waals surface area contributed by atoms with Gasteiger partial charge in [-0.15, -0.1) is 0 Å². The number of carbonyl (C=O) groups is 2. The minimum absolute atomic E-state index is 0.135. The normalized spacial score (nSPS) is 23.6. The van der Waals surface area contributed by atoms with Crippen LogP contribution in [-0.4, -0.2) is 40.8 Å². The van der Waals surface area contributed by atoms with Crippen LogP contribution in [0.4, 0.5) is 0 Å². The van der Waals surface area contributed by atoms with Crippen LogP contribution in [0.15, 0.2) is 18.2 Å². The van der Waals surface area contributed by atoms with E-state index in [1.165, 1.54) is 11.8 Å². The number of carboxylic acid groups (broad SMARTS) is 1. The van der Waals surface area contributed by atoms with E-state index in [0.29, 0.717) is 29.2 Å². The van der Waals surface area contributed by atoms with E-state index in [0.717, 1.165) is 5.75 Å². The van der Waals surface area contributed by atoms with E-state index < -0.39 is 17.4 Å². The molecule has 0 aliphatic carbocycles. The first-order valence-electron chi connectivity index (χ1n) is 6.14. The molecule has 106 valence electrons. The van der Waals surface area contributed by atoms with Crippen molar-refractivity contribution in [3.05, 3.63) is 23.8 Å². The molecular weight excluding hydrogens is 282 g/mol. The van der Waals surface area contributed by atoms with Crippen molar-refractivity contribution in [2.75, 3.05) is 18.3 Å². The zero-order valence-corrected chi connectivity index (χ0v) is 11.4. The molecule has 3 rings (SSSR count). The van der Waals surface area contributed by atoms with E-state index in [9.17, 15) is 14.7 Å². The fraction of sp³-hybridized carbons (Fsp3) is 0.385. The Morgan fingerprint density at radius 2 is 2.10 bits per heavy atom. The second-order valence-electron chi connectivity index (χ2n) is 4.71. The molecule has 1 amide bonds. The van der Waals surface area contributed by atoms with Crippen molar-refractivity contribution in [1.29, 1.82) is 0 Å². The van der Waals surface area contributed by atoms with Gasteiger partial charge in [0, 0.05) is 11.3 Å². The first-order valence-corrected chi connectivity index (χ1v) is 7.29. The van der Waals surface area contributed by atoms with Crippen molar-refractivity contribution in [1.82, 2.24) is 5.32 Å². The number of nitrogens with one attached hydrogen (secondary N) is 1. The van der Waals surface area contributed by atoms with E-state index in [1.54, 1.807) is 18.2 Å². The number of hydrogen-bond donors (Lipinski definition) is 2. The molecule has 1 saturated heterocycles. The fourth-order valence-corrected chi connectivity index (χ4v) is 3.54. The van der Waals surface area contributed by atoms with Crippen LogP contribution in [0.25, 0.3) is 0 Å². The van der Waals surface area contributed by atoms with E-state index in [-0.39, 0.29) is 6.79 Å². The Morgan fingerprint density at radius 1 is 1.30 bits per heavy atom. The van der Waals surface area contributed by atoms with Crippen molar-refractivity contribution in [3.8, 4) is 11.5 Å². The topological polar surface area (TPSA) is 84.9 Å². The molecule has 0 aromatic heterocycles. The van der Waals surface area contributed by atoms with Crippen molar-refractivity contribution >= 4 is 23.6 Å². The highest BCUT2D eigenvalue weighted by Gasteiger charge is 2.43. The molecule has 7 heteroatoms. The number of benzene rings is 1. The highest BCUT2D eigenvalue weighted by molar-refractivity contribution is 7.99. The summed E-state index contributed by atoms with van der Waals surface area (Å²) >= 11 is 1.53. The zero-order valence-electron chi connectivity index (χ0n) is 10.5. The molecule has 2 heterocycles. The van der Waals surface area contributed by atoms with Crippen LogP contribution in [-0.2, 0) is 4.79 Å². The van der Waals surface area contributed by atoms with Gasteiger partial charge in [0.05, 0.1) is 0 Å². The van der Waals surface area contributed by atoms with E-state index in [4.69, 9.17) is 9.47 Å². The summed E-state index contributed by atoms with van der Waals surface area (Å²) in [5.41, 5.74) is -0.801. The highest BCUT2D eigenvalue weighted by atomic mass is 32.2. The average Bonchev–Trinajstić information content (AvgIpc) is 3.06. The largest absolute Gasteiger partial charge is 0.479 e. The zero-order chi connectivity index (χ0) is 14.2. The maximum absolute atomic E-state index is 12.2. The third kappa shape index (κ3) is 2.18. The van der Waals surface area contributed by atoms with Gasteiger partial charge in [0.25, 0.3) is 5.91 Å². The number of rotatable bonds is 3. The molecule has 0 radical (unpaired) electrons.